The van der Waals surface area contributed by atoms with Gasteiger partial charge in [0, 0.05) is 12.7 Å². The fourth-order valence-electron chi connectivity index (χ4n) is 2.58. The number of hydrogen-bond acceptors (Lipinski definition) is 3. The number of amides is 1. The molecule has 0 spiro atoms. The van der Waals surface area contributed by atoms with Crippen LogP contribution in [0, 0.1) is 0 Å². The minimum Gasteiger partial charge on any atom is -0.494 e. The highest BCUT2D eigenvalue weighted by atomic mass is 16.5. The molecule has 24 heavy (non-hydrogen) atoms. The number of fused-ring (bicyclic) bond motifs is 1. The zero-order valence-electron chi connectivity index (χ0n) is 13.6. The quantitative estimate of drug-likeness (QED) is 0.802. The zero-order valence-corrected chi connectivity index (χ0v) is 13.6. The van der Waals surface area contributed by atoms with Crippen molar-refractivity contribution in [2.75, 3.05) is 11.9 Å². The summed E-state index contributed by atoms with van der Waals surface area (Å²) in [5.74, 6) is 0.308. The normalized spacial score (nSPS) is 10.6. The molecule has 1 aromatic heterocycles. The number of anilines is 1. The fraction of sp³-hybridized carbons (Fsp3) is 0.158. The molecule has 2 aromatic carbocycles. The maximum absolute atomic E-state index is 12.5. The van der Waals surface area contributed by atoms with E-state index < -0.39 is 5.91 Å². The molecule has 0 bridgehead atoms. The molecule has 0 aliphatic carbocycles. The molecule has 5 nitrogen and oxygen atoms in total. The van der Waals surface area contributed by atoms with Crippen LogP contribution in [0.1, 0.15) is 17.3 Å². The molecular formula is C19H18N2O3. The Morgan fingerprint density at radius 3 is 2.54 bits per heavy atom. The molecule has 0 saturated carbocycles. The minimum atomic E-state index is -0.425. The summed E-state index contributed by atoms with van der Waals surface area (Å²) in [6, 6.07) is 16.1. The fourth-order valence-corrected chi connectivity index (χ4v) is 2.58. The third-order valence-corrected chi connectivity index (χ3v) is 3.80. The Morgan fingerprint density at radius 2 is 1.83 bits per heavy atom. The van der Waals surface area contributed by atoms with Crippen molar-refractivity contribution in [1.82, 2.24) is 4.57 Å². The van der Waals surface area contributed by atoms with Gasteiger partial charge in [0.25, 0.3) is 11.5 Å². The van der Waals surface area contributed by atoms with E-state index in [1.165, 1.54) is 4.57 Å². The van der Waals surface area contributed by atoms with Gasteiger partial charge in [-0.25, -0.2) is 0 Å². The Bertz CT molecular complexity index is 943. The predicted molar refractivity (Wildman–Crippen MR) is 94.8 cm³/mol. The van der Waals surface area contributed by atoms with Gasteiger partial charge in [0.1, 0.15) is 11.3 Å². The minimum absolute atomic E-state index is 0.116. The number of aryl methyl sites for hydroxylation is 1. The van der Waals surface area contributed by atoms with E-state index in [2.05, 4.69) is 5.32 Å². The number of benzene rings is 2. The van der Waals surface area contributed by atoms with Crippen molar-refractivity contribution in [1.29, 1.82) is 0 Å². The lowest BCUT2D eigenvalue weighted by molar-refractivity contribution is 0.102. The first-order chi connectivity index (χ1) is 11.6. The molecule has 0 aliphatic heterocycles. The molecule has 1 heterocycles. The number of carbonyl (C=O) groups is 1. The molecule has 0 saturated heterocycles. The number of nitrogens with zero attached hydrogens (tertiary/aromatic N) is 1. The summed E-state index contributed by atoms with van der Waals surface area (Å²) < 4.78 is 6.86. The van der Waals surface area contributed by atoms with Crippen LogP contribution in [-0.4, -0.2) is 17.1 Å². The van der Waals surface area contributed by atoms with Gasteiger partial charge in [0.2, 0.25) is 0 Å². The van der Waals surface area contributed by atoms with Gasteiger partial charge < -0.3 is 14.6 Å². The Hall–Kier alpha value is -3.08. The molecule has 0 radical (unpaired) electrons. The van der Waals surface area contributed by atoms with E-state index in [1.54, 1.807) is 37.4 Å². The van der Waals surface area contributed by atoms with E-state index >= 15 is 0 Å². The van der Waals surface area contributed by atoms with E-state index in [0.29, 0.717) is 12.3 Å². The van der Waals surface area contributed by atoms with Crippen molar-refractivity contribution in [3.05, 3.63) is 70.5 Å². The summed E-state index contributed by atoms with van der Waals surface area (Å²) in [5, 5.41) is 3.60. The summed E-state index contributed by atoms with van der Waals surface area (Å²) in [7, 11) is 1.67. The van der Waals surface area contributed by atoms with Crippen molar-refractivity contribution < 1.29 is 9.53 Å². The molecule has 0 atom stereocenters. The molecule has 0 unspecified atom stereocenters. The number of hydrogen-bond donors (Lipinski definition) is 1. The van der Waals surface area contributed by atoms with Crippen LogP contribution in [0.3, 0.4) is 0 Å². The summed E-state index contributed by atoms with van der Waals surface area (Å²) in [5.41, 5.74) is 1.20. The summed E-state index contributed by atoms with van der Waals surface area (Å²) in [6.07, 6.45) is 0. The SMILES string of the molecule is CCOc1ccc(NC(=O)c2cc3ccccc3n(C)c2=O)cc1. The van der Waals surface area contributed by atoms with Crippen LogP contribution in [0.5, 0.6) is 5.75 Å². The zero-order chi connectivity index (χ0) is 17.1. The topological polar surface area (TPSA) is 60.3 Å². The van der Waals surface area contributed by atoms with Crippen LogP contribution in [0.4, 0.5) is 5.69 Å². The van der Waals surface area contributed by atoms with Crippen LogP contribution < -0.4 is 15.6 Å². The van der Waals surface area contributed by atoms with Gasteiger partial charge in [-0.1, -0.05) is 18.2 Å². The van der Waals surface area contributed by atoms with E-state index in [1.807, 2.05) is 31.2 Å². The lowest BCUT2D eigenvalue weighted by Crippen LogP contribution is -2.27. The predicted octanol–water partition coefficient (Wildman–Crippen LogP) is 3.19. The number of nitrogens with one attached hydrogen (secondary N) is 1. The number of carbonyl (C=O) groups excluding carboxylic acids is 1. The number of pyridine rings is 1. The molecule has 122 valence electrons. The van der Waals surface area contributed by atoms with Gasteiger partial charge >= 0.3 is 0 Å². The monoisotopic (exact) mass is 322 g/mol. The first-order valence-electron chi connectivity index (χ1n) is 7.73. The third kappa shape index (κ3) is 3.01. The van der Waals surface area contributed by atoms with Gasteiger partial charge in [-0.05, 0) is 48.7 Å². The molecule has 3 aromatic rings. The van der Waals surface area contributed by atoms with Gasteiger partial charge in [0.15, 0.2) is 0 Å². The van der Waals surface area contributed by atoms with Crippen molar-refractivity contribution in [2.24, 2.45) is 7.05 Å². The van der Waals surface area contributed by atoms with Crippen LogP contribution in [0.2, 0.25) is 0 Å². The second kappa shape index (κ2) is 6.58. The van der Waals surface area contributed by atoms with E-state index in [0.717, 1.165) is 16.7 Å². The van der Waals surface area contributed by atoms with Crippen molar-refractivity contribution in [3.63, 3.8) is 0 Å². The second-order valence-corrected chi connectivity index (χ2v) is 5.39. The third-order valence-electron chi connectivity index (χ3n) is 3.80. The molecule has 0 aliphatic rings. The number of aromatic nitrogens is 1. The summed E-state index contributed by atoms with van der Waals surface area (Å²) >= 11 is 0. The molecule has 0 fully saturated rings. The van der Waals surface area contributed by atoms with E-state index in [-0.39, 0.29) is 11.1 Å². The molecule has 1 N–H and O–H groups in total. The van der Waals surface area contributed by atoms with Crippen LogP contribution in [0.15, 0.2) is 59.4 Å². The van der Waals surface area contributed by atoms with Crippen molar-refractivity contribution in [3.8, 4) is 5.75 Å². The van der Waals surface area contributed by atoms with Crippen LogP contribution in [0.25, 0.3) is 10.9 Å². The Morgan fingerprint density at radius 1 is 1.12 bits per heavy atom. The van der Waals surface area contributed by atoms with Crippen LogP contribution >= 0.6 is 0 Å². The molecule has 3 rings (SSSR count). The second-order valence-electron chi connectivity index (χ2n) is 5.39. The van der Waals surface area contributed by atoms with Crippen molar-refractivity contribution in [2.45, 2.75) is 6.92 Å². The van der Waals surface area contributed by atoms with E-state index in [9.17, 15) is 9.59 Å². The Balaban J connectivity index is 1.91. The number of ether oxygens (including phenoxy) is 1. The Labute approximate surface area is 139 Å². The number of para-hydroxylation sites is 1. The van der Waals surface area contributed by atoms with Crippen molar-refractivity contribution >= 4 is 22.5 Å². The highest BCUT2D eigenvalue weighted by Gasteiger charge is 2.14. The van der Waals surface area contributed by atoms with E-state index in [4.69, 9.17) is 4.74 Å². The average Bonchev–Trinajstić information content (AvgIpc) is 2.60. The average molecular weight is 322 g/mol. The molecular weight excluding hydrogens is 304 g/mol. The van der Waals surface area contributed by atoms with Gasteiger partial charge in [-0.15, -0.1) is 0 Å². The lowest BCUT2D eigenvalue weighted by Gasteiger charge is -2.10. The molecule has 5 heteroatoms. The van der Waals surface area contributed by atoms with Gasteiger partial charge in [-0.2, -0.15) is 0 Å². The van der Waals surface area contributed by atoms with Crippen LogP contribution in [-0.2, 0) is 7.05 Å². The summed E-state index contributed by atoms with van der Waals surface area (Å²) in [4.78, 5) is 24.9. The van der Waals surface area contributed by atoms with Gasteiger partial charge in [-0.3, -0.25) is 9.59 Å². The smallest absolute Gasteiger partial charge is 0.263 e. The first-order valence-corrected chi connectivity index (χ1v) is 7.73. The maximum atomic E-state index is 12.5. The lowest BCUT2D eigenvalue weighted by atomic mass is 10.1. The highest BCUT2D eigenvalue weighted by molar-refractivity contribution is 6.05. The van der Waals surface area contributed by atoms with Gasteiger partial charge in [0.05, 0.1) is 12.1 Å². The largest absolute Gasteiger partial charge is 0.494 e. The first kappa shape index (κ1) is 15.8. The number of rotatable bonds is 4. The maximum Gasteiger partial charge on any atom is 0.263 e. The highest BCUT2D eigenvalue weighted by Crippen LogP contribution is 2.17. The molecule has 1 amide bonds. The Kier molecular flexibility index (Phi) is 4.33. The standard InChI is InChI=1S/C19H18N2O3/c1-3-24-15-10-8-14(9-11-15)20-18(22)16-12-13-6-4-5-7-17(13)21(2)19(16)23/h4-12H,3H2,1-2H3,(H,20,22). The summed E-state index contributed by atoms with van der Waals surface area (Å²) in [6.45, 7) is 2.49.